The molecule has 5 heteroatoms. The summed E-state index contributed by atoms with van der Waals surface area (Å²) in [5, 5.41) is 14.4. The van der Waals surface area contributed by atoms with Crippen LogP contribution in [0.4, 0.5) is 11.4 Å². The van der Waals surface area contributed by atoms with Crippen LogP contribution in [0, 0.1) is 10.1 Å². The van der Waals surface area contributed by atoms with Gasteiger partial charge in [0.2, 0.25) is 0 Å². The van der Waals surface area contributed by atoms with Crippen molar-refractivity contribution < 1.29 is 4.92 Å². The molecule has 0 saturated heterocycles. The topological polar surface area (TPSA) is 55.2 Å². The quantitative estimate of drug-likeness (QED) is 0.672. The van der Waals surface area contributed by atoms with Crippen LogP contribution in [-0.2, 0) is 6.54 Å². The summed E-state index contributed by atoms with van der Waals surface area (Å²) in [7, 11) is 0. The Balaban J connectivity index is 2.09. The molecule has 2 aromatic rings. The lowest BCUT2D eigenvalue weighted by atomic mass is 10.2. The summed E-state index contributed by atoms with van der Waals surface area (Å²) in [6.07, 6.45) is 0. The predicted molar refractivity (Wildman–Crippen MR) is 71.9 cm³/mol. The summed E-state index contributed by atoms with van der Waals surface area (Å²) in [5.74, 6) is 0. The van der Waals surface area contributed by atoms with Crippen molar-refractivity contribution in [3.63, 3.8) is 0 Å². The molecule has 18 heavy (non-hydrogen) atoms. The zero-order valence-corrected chi connectivity index (χ0v) is 10.2. The number of rotatable bonds is 4. The van der Waals surface area contributed by atoms with E-state index in [0.29, 0.717) is 11.6 Å². The number of hydrogen-bond acceptors (Lipinski definition) is 3. The van der Waals surface area contributed by atoms with Gasteiger partial charge in [0.15, 0.2) is 0 Å². The monoisotopic (exact) mass is 262 g/mol. The Morgan fingerprint density at radius 2 is 1.94 bits per heavy atom. The molecule has 0 saturated carbocycles. The van der Waals surface area contributed by atoms with Crippen LogP contribution >= 0.6 is 11.6 Å². The summed E-state index contributed by atoms with van der Waals surface area (Å²) in [6.45, 7) is 0.491. The zero-order valence-electron chi connectivity index (χ0n) is 9.47. The van der Waals surface area contributed by atoms with E-state index in [1.165, 1.54) is 6.07 Å². The lowest BCUT2D eigenvalue weighted by Gasteiger charge is -2.07. The highest BCUT2D eigenvalue weighted by molar-refractivity contribution is 6.33. The second kappa shape index (κ2) is 5.51. The molecule has 0 aliphatic rings. The maximum absolute atomic E-state index is 10.6. The number of anilines is 1. The SMILES string of the molecule is O=[N+]([O-])c1cccc(CNc2ccccc2Cl)c1. The highest BCUT2D eigenvalue weighted by Crippen LogP contribution is 2.21. The fourth-order valence-corrected chi connectivity index (χ4v) is 1.78. The Kier molecular flexibility index (Phi) is 3.79. The first kappa shape index (κ1) is 12.4. The Morgan fingerprint density at radius 1 is 1.17 bits per heavy atom. The van der Waals surface area contributed by atoms with Gasteiger partial charge in [-0.05, 0) is 17.7 Å². The van der Waals surface area contributed by atoms with E-state index >= 15 is 0 Å². The van der Waals surface area contributed by atoms with E-state index in [4.69, 9.17) is 11.6 Å². The van der Waals surface area contributed by atoms with E-state index in [9.17, 15) is 10.1 Å². The molecule has 0 amide bonds. The molecule has 0 unspecified atom stereocenters. The molecule has 0 aromatic heterocycles. The van der Waals surface area contributed by atoms with Gasteiger partial charge in [-0.1, -0.05) is 35.9 Å². The number of nitro benzene ring substituents is 1. The van der Waals surface area contributed by atoms with Crippen molar-refractivity contribution >= 4 is 23.0 Å². The van der Waals surface area contributed by atoms with Gasteiger partial charge in [-0.2, -0.15) is 0 Å². The lowest BCUT2D eigenvalue weighted by molar-refractivity contribution is -0.384. The third-order valence-corrected chi connectivity index (χ3v) is 2.81. The molecule has 0 aliphatic carbocycles. The first-order valence-corrected chi connectivity index (χ1v) is 5.76. The molecule has 92 valence electrons. The largest absolute Gasteiger partial charge is 0.380 e. The van der Waals surface area contributed by atoms with Crippen LogP contribution in [-0.4, -0.2) is 4.92 Å². The number of halogens is 1. The van der Waals surface area contributed by atoms with Crippen molar-refractivity contribution in [1.29, 1.82) is 0 Å². The minimum absolute atomic E-state index is 0.0912. The van der Waals surface area contributed by atoms with Crippen molar-refractivity contribution in [2.24, 2.45) is 0 Å². The first-order chi connectivity index (χ1) is 8.66. The van der Waals surface area contributed by atoms with Gasteiger partial charge in [-0.15, -0.1) is 0 Å². The molecule has 0 spiro atoms. The third kappa shape index (κ3) is 2.99. The average Bonchev–Trinajstić information content (AvgIpc) is 2.38. The van der Waals surface area contributed by atoms with E-state index in [-0.39, 0.29) is 5.69 Å². The van der Waals surface area contributed by atoms with Gasteiger partial charge in [-0.25, -0.2) is 0 Å². The Labute approximate surface area is 109 Å². The van der Waals surface area contributed by atoms with Crippen molar-refractivity contribution in [2.45, 2.75) is 6.54 Å². The molecule has 0 aliphatic heterocycles. The summed E-state index contributed by atoms with van der Waals surface area (Å²) in [6, 6.07) is 13.9. The summed E-state index contributed by atoms with van der Waals surface area (Å²) in [4.78, 5) is 10.2. The molecule has 4 nitrogen and oxygen atoms in total. The van der Waals surface area contributed by atoms with Crippen LogP contribution in [0.5, 0.6) is 0 Å². The van der Waals surface area contributed by atoms with Crippen molar-refractivity contribution in [3.05, 3.63) is 69.2 Å². The predicted octanol–water partition coefficient (Wildman–Crippen LogP) is 3.86. The molecule has 0 radical (unpaired) electrons. The second-order valence-corrected chi connectivity index (χ2v) is 4.17. The van der Waals surface area contributed by atoms with Crippen molar-refractivity contribution in [1.82, 2.24) is 0 Å². The van der Waals surface area contributed by atoms with Crippen molar-refractivity contribution in [3.8, 4) is 0 Å². The maximum atomic E-state index is 10.6. The van der Waals surface area contributed by atoms with Gasteiger partial charge >= 0.3 is 0 Å². The van der Waals surface area contributed by atoms with Crippen LogP contribution in [0.25, 0.3) is 0 Å². The fourth-order valence-electron chi connectivity index (χ4n) is 1.58. The summed E-state index contributed by atoms with van der Waals surface area (Å²) in [5.41, 5.74) is 1.74. The minimum Gasteiger partial charge on any atom is -0.380 e. The number of nitro groups is 1. The molecule has 0 heterocycles. The van der Waals surface area contributed by atoms with E-state index in [1.807, 2.05) is 24.3 Å². The molecular weight excluding hydrogens is 252 g/mol. The minimum atomic E-state index is -0.404. The van der Waals surface area contributed by atoms with E-state index in [0.717, 1.165) is 11.3 Å². The number of nitrogens with one attached hydrogen (secondary N) is 1. The second-order valence-electron chi connectivity index (χ2n) is 3.76. The van der Waals surface area contributed by atoms with Crippen molar-refractivity contribution in [2.75, 3.05) is 5.32 Å². The number of nitrogens with zero attached hydrogens (tertiary/aromatic N) is 1. The highest BCUT2D eigenvalue weighted by atomic mass is 35.5. The van der Waals surface area contributed by atoms with Gasteiger partial charge < -0.3 is 5.32 Å². The maximum Gasteiger partial charge on any atom is 0.269 e. The number of para-hydroxylation sites is 1. The highest BCUT2D eigenvalue weighted by Gasteiger charge is 2.05. The Hall–Kier alpha value is -2.07. The summed E-state index contributed by atoms with van der Waals surface area (Å²) < 4.78 is 0. The van der Waals surface area contributed by atoms with E-state index < -0.39 is 4.92 Å². The Morgan fingerprint density at radius 3 is 2.67 bits per heavy atom. The van der Waals surface area contributed by atoms with E-state index in [1.54, 1.807) is 18.2 Å². The molecule has 2 aromatic carbocycles. The lowest BCUT2D eigenvalue weighted by Crippen LogP contribution is -2.00. The number of non-ortho nitro benzene ring substituents is 1. The summed E-state index contributed by atoms with van der Waals surface area (Å²) >= 11 is 6.00. The smallest absolute Gasteiger partial charge is 0.269 e. The normalized spacial score (nSPS) is 10.1. The van der Waals surface area contributed by atoms with E-state index in [2.05, 4.69) is 5.32 Å². The van der Waals surface area contributed by atoms with Crippen LogP contribution in [0.15, 0.2) is 48.5 Å². The number of hydrogen-bond donors (Lipinski definition) is 1. The molecule has 0 fully saturated rings. The number of benzene rings is 2. The van der Waals surface area contributed by atoms with Crippen LogP contribution in [0.2, 0.25) is 5.02 Å². The van der Waals surface area contributed by atoms with Gasteiger partial charge in [-0.3, -0.25) is 10.1 Å². The fraction of sp³-hybridized carbons (Fsp3) is 0.0769. The Bertz CT molecular complexity index is 572. The zero-order chi connectivity index (χ0) is 13.0. The van der Waals surface area contributed by atoms with Crippen LogP contribution < -0.4 is 5.32 Å². The van der Waals surface area contributed by atoms with Gasteiger partial charge in [0.05, 0.1) is 15.6 Å². The molecule has 0 atom stereocenters. The van der Waals surface area contributed by atoms with Crippen LogP contribution in [0.3, 0.4) is 0 Å². The van der Waals surface area contributed by atoms with Gasteiger partial charge in [0.1, 0.15) is 0 Å². The third-order valence-electron chi connectivity index (χ3n) is 2.48. The molecule has 2 rings (SSSR count). The van der Waals surface area contributed by atoms with Gasteiger partial charge in [0.25, 0.3) is 5.69 Å². The average molecular weight is 263 g/mol. The molecule has 0 bridgehead atoms. The standard InChI is InChI=1S/C13H11ClN2O2/c14-12-6-1-2-7-13(12)15-9-10-4-3-5-11(8-10)16(17)18/h1-8,15H,9H2. The first-order valence-electron chi connectivity index (χ1n) is 5.38. The molecule has 1 N–H and O–H groups in total. The molecular formula is C13H11ClN2O2. The van der Waals surface area contributed by atoms with Crippen LogP contribution in [0.1, 0.15) is 5.56 Å². The van der Waals surface area contributed by atoms with Gasteiger partial charge in [0, 0.05) is 18.7 Å².